The molecule has 0 radical (unpaired) electrons. The molecule has 9 nitrogen and oxygen atoms in total. The van der Waals surface area contributed by atoms with Gasteiger partial charge in [0.1, 0.15) is 12.6 Å². The van der Waals surface area contributed by atoms with E-state index in [2.05, 4.69) is 10.3 Å². The van der Waals surface area contributed by atoms with Crippen molar-refractivity contribution in [3.8, 4) is 0 Å². The molecule has 1 aromatic carbocycles. The molecule has 0 unspecified atom stereocenters. The van der Waals surface area contributed by atoms with E-state index in [1.165, 1.54) is 6.92 Å². The summed E-state index contributed by atoms with van der Waals surface area (Å²) in [7, 11) is -4.60. The number of benzene rings is 1. The summed E-state index contributed by atoms with van der Waals surface area (Å²) in [5, 5.41) is 2.26. The van der Waals surface area contributed by atoms with E-state index in [-0.39, 0.29) is 6.61 Å². The Bertz CT molecular complexity index is 834. The van der Waals surface area contributed by atoms with Gasteiger partial charge >= 0.3 is 16.4 Å². The van der Waals surface area contributed by atoms with Crippen LogP contribution in [0.15, 0.2) is 60.9 Å². The number of pyridine rings is 1. The van der Waals surface area contributed by atoms with E-state index in [9.17, 15) is 18.0 Å². The van der Waals surface area contributed by atoms with Crippen LogP contribution in [0.5, 0.6) is 0 Å². The van der Waals surface area contributed by atoms with E-state index < -0.39 is 34.4 Å². The number of nitrogens with zero attached hydrogens (tertiary/aromatic N) is 2. The van der Waals surface area contributed by atoms with Crippen molar-refractivity contribution in [2.24, 2.45) is 0 Å². The zero-order chi connectivity index (χ0) is 19.9. The lowest BCUT2D eigenvalue weighted by Crippen LogP contribution is -2.70. The van der Waals surface area contributed by atoms with Crippen molar-refractivity contribution in [3.05, 3.63) is 66.5 Å². The van der Waals surface area contributed by atoms with Gasteiger partial charge in [-0.2, -0.15) is 8.42 Å². The second kappa shape index (κ2) is 9.10. The average molecular weight is 393 g/mol. The molecule has 2 atom stereocenters. The van der Waals surface area contributed by atoms with Gasteiger partial charge in [0.2, 0.25) is 0 Å². The number of β-lactam (4-membered cyclic amide) rings is 1. The van der Waals surface area contributed by atoms with Crippen molar-refractivity contribution in [2.75, 3.05) is 0 Å². The normalized spacial score (nSPS) is 18.6. The first-order chi connectivity index (χ1) is 12.8. The number of nitrogens with one attached hydrogen (secondary N) is 1. The minimum atomic E-state index is -4.60. The van der Waals surface area contributed by atoms with Crippen LogP contribution in [0.3, 0.4) is 0 Å². The Morgan fingerprint density at radius 1 is 1.19 bits per heavy atom. The second-order valence-electron chi connectivity index (χ2n) is 5.56. The van der Waals surface area contributed by atoms with Crippen LogP contribution in [0.1, 0.15) is 12.5 Å². The monoisotopic (exact) mass is 393 g/mol. The summed E-state index contributed by atoms with van der Waals surface area (Å²) >= 11 is 0. The fraction of sp³-hybridized carbons (Fsp3) is 0.235. The molecule has 1 aliphatic heterocycles. The Balaban J connectivity index is 0.000000369. The molecule has 0 bridgehead atoms. The third-order valence-corrected chi connectivity index (χ3v) is 4.65. The van der Waals surface area contributed by atoms with Crippen molar-refractivity contribution in [2.45, 2.75) is 25.6 Å². The molecule has 2 aromatic rings. The highest BCUT2D eigenvalue weighted by molar-refractivity contribution is 7.84. The van der Waals surface area contributed by atoms with Crippen LogP contribution in [0.25, 0.3) is 0 Å². The van der Waals surface area contributed by atoms with Crippen LogP contribution in [0.2, 0.25) is 0 Å². The Kier molecular flexibility index (Phi) is 6.85. The van der Waals surface area contributed by atoms with E-state index >= 15 is 0 Å². The molecule has 2 amide bonds. The molecule has 144 valence electrons. The number of ether oxygens (including phenoxy) is 1. The first kappa shape index (κ1) is 20.3. The maximum absolute atomic E-state index is 11.6. The lowest BCUT2D eigenvalue weighted by molar-refractivity contribution is -0.141. The van der Waals surface area contributed by atoms with Crippen LogP contribution >= 0.6 is 0 Å². The number of carbonyl (C=O) groups excluding carboxylic acids is 2. The molecule has 1 aromatic heterocycles. The molecule has 0 saturated carbocycles. The van der Waals surface area contributed by atoms with Crippen molar-refractivity contribution in [1.29, 1.82) is 0 Å². The molecule has 2 N–H and O–H groups in total. The number of alkyl carbamates (subject to hydrolysis) is 1. The molecule has 10 heteroatoms. The molecular formula is C17H19N3O6S. The Labute approximate surface area is 156 Å². The zero-order valence-corrected chi connectivity index (χ0v) is 15.2. The number of amides is 2. The summed E-state index contributed by atoms with van der Waals surface area (Å²) in [4.78, 5) is 26.9. The third-order valence-electron chi connectivity index (χ3n) is 3.64. The molecule has 0 spiro atoms. The summed E-state index contributed by atoms with van der Waals surface area (Å²) in [6.07, 6.45) is 2.67. The third kappa shape index (κ3) is 5.76. The predicted molar refractivity (Wildman–Crippen MR) is 95.6 cm³/mol. The summed E-state index contributed by atoms with van der Waals surface area (Å²) in [5.74, 6) is -0.901. The molecule has 27 heavy (non-hydrogen) atoms. The Morgan fingerprint density at radius 2 is 1.78 bits per heavy atom. The quantitative estimate of drug-likeness (QED) is 0.594. The van der Waals surface area contributed by atoms with Crippen molar-refractivity contribution < 1.29 is 27.3 Å². The van der Waals surface area contributed by atoms with Crippen molar-refractivity contribution in [1.82, 2.24) is 14.6 Å². The second-order valence-corrected chi connectivity index (χ2v) is 6.85. The number of aromatic nitrogens is 1. The maximum Gasteiger partial charge on any atom is 0.408 e. The van der Waals surface area contributed by atoms with Gasteiger partial charge in [-0.3, -0.25) is 14.3 Å². The van der Waals surface area contributed by atoms with Crippen molar-refractivity contribution >= 4 is 22.3 Å². The van der Waals surface area contributed by atoms with Crippen LogP contribution in [0, 0.1) is 0 Å². The van der Waals surface area contributed by atoms with E-state index in [4.69, 9.17) is 9.29 Å². The standard InChI is InChI=1S/C12H14N2O6S.C5H5N/c1-8-10(11(15)14(8)21(17,18)19)13-12(16)20-7-9-5-3-2-4-6-9;1-2-4-6-5-3-1/h2-6,8,10H,7H2,1H3,(H,13,16)(H,17,18,19);1-5H/t8-,10-;/m0./s1. The van der Waals surface area contributed by atoms with E-state index in [0.29, 0.717) is 4.31 Å². The van der Waals surface area contributed by atoms with Gasteiger partial charge in [0.05, 0.1) is 6.04 Å². The summed E-state index contributed by atoms with van der Waals surface area (Å²) in [5.41, 5.74) is 0.778. The van der Waals surface area contributed by atoms with E-state index in [1.54, 1.807) is 36.7 Å². The average Bonchev–Trinajstić information content (AvgIpc) is 2.66. The van der Waals surface area contributed by atoms with Gasteiger partial charge in [-0.25, -0.2) is 9.10 Å². The lowest BCUT2D eigenvalue weighted by Gasteiger charge is -2.41. The molecule has 3 rings (SSSR count). The molecule has 1 saturated heterocycles. The van der Waals surface area contributed by atoms with Crippen molar-refractivity contribution in [3.63, 3.8) is 0 Å². The van der Waals surface area contributed by atoms with Crippen LogP contribution < -0.4 is 5.32 Å². The summed E-state index contributed by atoms with van der Waals surface area (Å²) in [6, 6.07) is 12.8. The topological polar surface area (TPSA) is 126 Å². The van der Waals surface area contributed by atoms with Gasteiger partial charge in [0.15, 0.2) is 0 Å². The zero-order valence-electron chi connectivity index (χ0n) is 14.4. The molecule has 1 aliphatic rings. The minimum Gasteiger partial charge on any atom is -0.445 e. The van der Waals surface area contributed by atoms with Gasteiger partial charge in [-0.05, 0) is 24.6 Å². The Morgan fingerprint density at radius 3 is 2.22 bits per heavy atom. The molecule has 1 fully saturated rings. The van der Waals surface area contributed by atoms with Crippen LogP contribution in [-0.2, 0) is 26.4 Å². The fourth-order valence-corrected chi connectivity index (χ4v) is 3.19. The van der Waals surface area contributed by atoms with Gasteiger partial charge in [-0.15, -0.1) is 0 Å². The van der Waals surface area contributed by atoms with E-state index in [1.807, 2.05) is 24.3 Å². The molecule has 2 heterocycles. The number of carbonyl (C=O) groups is 2. The number of hydrogen-bond acceptors (Lipinski definition) is 6. The highest BCUT2D eigenvalue weighted by Gasteiger charge is 2.51. The number of rotatable bonds is 4. The first-order valence-electron chi connectivity index (χ1n) is 7.93. The molecular weight excluding hydrogens is 374 g/mol. The van der Waals surface area contributed by atoms with E-state index in [0.717, 1.165) is 5.56 Å². The minimum absolute atomic E-state index is 0.0317. The maximum atomic E-state index is 11.6. The fourth-order valence-electron chi connectivity index (χ4n) is 2.31. The number of hydrogen-bond donors (Lipinski definition) is 2. The van der Waals surface area contributed by atoms with Gasteiger partial charge < -0.3 is 10.1 Å². The summed E-state index contributed by atoms with van der Waals surface area (Å²) in [6.45, 7) is 1.42. The lowest BCUT2D eigenvalue weighted by atomic mass is 10.0. The van der Waals surface area contributed by atoms with Gasteiger partial charge in [-0.1, -0.05) is 36.4 Å². The summed E-state index contributed by atoms with van der Waals surface area (Å²) < 4.78 is 35.8. The SMILES string of the molecule is C[C@H]1[C@H](NC(=O)OCc2ccccc2)C(=O)N1S(=O)(=O)O.c1ccncc1. The predicted octanol–water partition coefficient (Wildman–Crippen LogP) is 1.40. The largest absolute Gasteiger partial charge is 0.445 e. The van der Waals surface area contributed by atoms with Crippen LogP contribution in [0.4, 0.5) is 4.79 Å². The molecule has 0 aliphatic carbocycles. The van der Waals surface area contributed by atoms with Gasteiger partial charge in [0, 0.05) is 12.4 Å². The van der Waals surface area contributed by atoms with Crippen LogP contribution in [-0.4, -0.2) is 46.3 Å². The van der Waals surface area contributed by atoms with Gasteiger partial charge in [0.25, 0.3) is 5.91 Å². The Hall–Kier alpha value is -2.98. The highest BCUT2D eigenvalue weighted by atomic mass is 32.2. The smallest absolute Gasteiger partial charge is 0.408 e. The first-order valence-corrected chi connectivity index (χ1v) is 9.33. The highest BCUT2D eigenvalue weighted by Crippen LogP contribution is 2.22.